The SMILES string of the molecule is COc1ccc(/C=N/NC(=O)c2nn(Cc3ccccc3)c(=O)c3ccccc23)cc1OC. The minimum Gasteiger partial charge on any atom is -0.493 e. The van der Waals surface area contributed by atoms with Gasteiger partial charge in [0.15, 0.2) is 17.2 Å². The number of hydrogen-bond donors (Lipinski definition) is 1. The van der Waals surface area contributed by atoms with Gasteiger partial charge >= 0.3 is 0 Å². The summed E-state index contributed by atoms with van der Waals surface area (Å²) in [6, 6.07) is 21.6. The zero-order valence-corrected chi connectivity index (χ0v) is 18.2. The molecule has 1 heterocycles. The van der Waals surface area contributed by atoms with E-state index in [-0.39, 0.29) is 17.8 Å². The number of hydrogen-bond acceptors (Lipinski definition) is 6. The second-order valence-electron chi connectivity index (χ2n) is 7.16. The Balaban J connectivity index is 1.63. The first-order valence-electron chi connectivity index (χ1n) is 10.2. The summed E-state index contributed by atoms with van der Waals surface area (Å²) in [5.74, 6) is 0.619. The van der Waals surface area contributed by atoms with Gasteiger partial charge in [-0.25, -0.2) is 10.1 Å². The molecule has 8 nitrogen and oxygen atoms in total. The van der Waals surface area contributed by atoms with E-state index in [1.165, 1.54) is 10.9 Å². The van der Waals surface area contributed by atoms with Crippen LogP contribution in [0, 0.1) is 0 Å². The molecule has 0 bridgehead atoms. The molecule has 166 valence electrons. The van der Waals surface area contributed by atoms with Crippen LogP contribution >= 0.6 is 0 Å². The molecular weight excluding hydrogens is 420 g/mol. The fourth-order valence-corrected chi connectivity index (χ4v) is 3.42. The van der Waals surface area contributed by atoms with Crippen molar-refractivity contribution in [2.45, 2.75) is 6.54 Å². The van der Waals surface area contributed by atoms with Gasteiger partial charge in [-0.2, -0.15) is 10.2 Å². The van der Waals surface area contributed by atoms with Crippen LogP contribution in [0.3, 0.4) is 0 Å². The standard InChI is InChI=1S/C25H22N4O4/c1-32-21-13-12-18(14-22(21)33-2)15-26-27-24(30)23-19-10-6-7-11-20(19)25(31)29(28-23)16-17-8-4-3-5-9-17/h3-15H,16H2,1-2H3,(H,27,30)/b26-15+. The number of ether oxygens (including phenoxy) is 2. The average Bonchev–Trinajstić information content (AvgIpc) is 2.86. The van der Waals surface area contributed by atoms with Crippen LogP contribution in [0.25, 0.3) is 10.8 Å². The molecule has 0 unspecified atom stereocenters. The van der Waals surface area contributed by atoms with Gasteiger partial charge in [0.05, 0.1) is 32.4 Å². The summed E-state index contributed by atoms with van der Waals surface area (Å²) in [6.07, 6.45) is 1.49. The Morgan fingerprint density at radius 3 is 2.39 bits per heavy atom. The van der Waals surface area contributed by atoms with Crippen molar-refractivity contribution in [2.24, 2.45) is 5.10 Å². The van der Waals surface area contributed by atoms with Gasteiger partial charge < -0.3 is 9.47 Å². The third kappa shape index (κ3) is 4.74. The van der Waals surface area contributed by atoms with Crippen molar-refractivity contribution in [1.29, 1.82) is 0 Å². The fraction of sp³-hybridized carbons (Fsp3) is 0.120. The van der Waals surface area contributed by atoms with Gasteiger partial charge in [0.2, 0.25) is 0 Å². The summed E-state index contributed by atoms with van der Waals surface area (Å²) in [6.45, 7) is 0.250. The van der Waals surface area contributed by atoms with E-state index < -0.39 is 5.91 Å². The van der Waals surface area contributed by atoms with Crippen LogP contribution in [0.1, 0.15) is 21.6 Å². The lowest BCUT2D eigenvalue weighted by molar-refractivity contribution is 0.0949. The van der Waals surface area contributed by atoms with Crippen molar-refractivity contribution in [1.82, 2.24) is 15.2 Å². The third-order valence-corrected chi connectivity index (χ3v) is 5.05. The Morgan fingerprint density at radius 1 is 0.970 bits per heavy atom. The number of nitrogens with zero attached hydrogens (tertiary/aromatic N) is 3. The molecule has 4 rings (SSSR count). The molecule has 4 aromatic rings. The molecule has 0 saturated carbocycles. The second kappa shape index (κ2) is 9.78. The fourth-order valence-electron chi connectivity index (χ4n) is 3.42. The predicted molar refractivity (Wildman–Crippen MR) is 126 cm³/mol. The van der Waals surface area contributed by atoms with Gasteiger partial charge in [0, 0.05) is 5.39 Å². The van der Waals surface area contributed by atoms with Gasteiger partial charge in [-0.1, -0.05) is 48.5 Å². The smallest absolute Gasteiger partial charge is 0.292 e. The molecule has 0 spiro atoms. The molecule has 33 heavy (non-hydrogen) atoms. The predicted octanol–water partition coefficient (Wildman–Crippen LogP) is 3.23. The first kappa shape index (κ1) is 21.8. The molecule has 1 N–H and O–H groups in total. The summed E-state index contributed by atoms with van der Waals surface area (Å²) >= 11 is 0. The molecule has 0 aliphatic rings. The lowest BCUT2D eigenvalue weighted by Crippen LogP contribution is -2.29. The zero-order chi connectivity index (χ0) is 23.2. The summed E-state index contributed by atoms with van der Waals surface area (Å²) in [5.41, 5.74) is 3.96. The van der Waals surface area contributed by atoms with E-state index in [1.54, 1.807) is 56.7 Å². The lowest BCUT2D eigenvalue weighted by atomic mass is 10.1. The molecule has 0 atom stereocenters. The number of amides is 1. The molecule has 3 aromatic carbocycles. The zero-order valence-electron chi connectivity index (χ0n) is 18.2. The summed E-state index contributed by atoms with van der Waals surface area (Å²) in [5, 5.41) is 9.27. The van der Waals surface area contributed by atoms with E-state index in [2.05, 4.69) is 15.6 Å². The minimum atomic E-state index is -0.523. The van der Waals surface area contributed by atoms with E-state index in [0.717, 1.165) is 5.56 Å². The van der Waals surface area contributed by atoms with Gasteiger partial charge in [-0.15, -0.1) is 0 Å². The maximum Gasteiger partial charge on any atom is 0.292 e. The number of benzene rings is 3. The largest absolute Gasteiger partial charge is 0.493 e. The van der Waals surface area contributed by atoms with Crippen molar-refractivity contribution < 1.29 is 14.3 Å². The summed E-state index contributed by atoms with van der Waals surface area (Å²) in [4.78, 5) is 25.9. The van der Waals surface area contributed by atoms with Crippen LogP contribution in [-0.4, -0.2) is 36.1 Å². The van der Waals surface area contributed by atoms with Crippen molar-refractivity contribution >= 4 is 22.9 Å². The molecule has 0 aliphatic heterocycles. The third-order valence-electron chi connectivity index (χ3n) is 5.05. The lowest BCUT2D eigenvalue weighted by Gasteiger charge is -2.10. The van der Waals surface area contributed by atoms with Crippen LogP contribution in [-0.2, 0) is 6.54 Å². The second-order valence-corrected chi connectivity index (χ2v) is 7.16. The molecule has 1 amide bonds. The van der Waals surface area contributed by atoms with E-state index in [1.807, 2.05) is 30.3 Å². The monoisotopic (exact) mass is 442 g/mol. The number of aromatic nitrogens is 2. The average molecular weight is 442 g/mol. The van der Waals surface area contributed by atoms with E-state index in [0.29, 0.717) is 27.8 Å². The van der Waals surface area contributed by atoms with Crippen molar-refractivity contribution in [2.75, 3.05) is 14.2 Å². The number of nitrogens with one attached hydrogen (secondary N) is 1. The molecule has 0 fully saturated rings. The highest BCUT2D eigenvalue weighted by Crippen LogP contribution is 2.26. The van der Waals surface area contributed by atoms with Crippen LogP contribution in [0.5, 0.6) is 11.5 Å². The van der Waals surface area contributed by atoms with E-state index in [4.69, 9.17) is 9.47 Å². The highest BCUT2D eigenvalue weighted by molar-refractivity contribution is 6.05. The van der Waals surface area contributed by atoms with Gasteiger partial charge in [-0.05, 0) is 35.4 Å². The van der Waals surface area contributed by atoms with Crippen molar-refractivity contribution in [3.05, 3.63) is 100.0 Å². The van der Waals surface area contributed by atoms with Crippen LogP contribution in [0.15, 0.2) is 82.7 Å². The molecular formula is C25H22N4O4. The number of rotatable bonds is 7. The Morgan fingerprint density at radius 2 is 1.67 bits per heavy atom. The van der Waals surface area contributed by atoms with Gasteiger partial charge in [0.1, 0.15) is 0 Å². The Kier molecular flexibility index (Phi) is 6.45. The Labute approximate surface area is 190 Å². The highest BCUT2D eigenvalue weighted by atomic mass is 16.5. The molecule has 8 heteroatoms. The maximum absolute atomic E-state index is 12.9. The van der Waals surface area contributed by atoms with Gasteiger partial charge in [0.25, 0.3) is 11.5 Å². The highest BCUT2D eigenvalue weighted by Gasteiger charge is 2.16. The maximum atomic E-state index is 12.9. The topological polar surface area (TPSA) is 94.8 Å². The number of hydrazone groups is 1. The minimum absolute atomic E-state index is 0.116. The number of carbonyl (C=O) groups excluding carboxylic acids is 1. The summed E-state index contributed by atoms with van der Waals surface area (Å²) < 4.78 is 11.8. The number of methoxy groups -OCH3 is 2. The first-order valence-corrected chi connectivity index (χ1v) is 10.2. The van der Waals surface area contributed by atoms with Crippen LogP contribution in [0.4, 0.5) is 0 Å². The normalized spacial score (nSPS) is 11.0. The Hall–Kier alpha value is -4.46. The Bertz CT molecular complexity index is 1380. The quantitative estimate of drug-likeness (QED) is 0.350. The van der Waals surface area contributed by atoms with Crippen LogP contribution < -0.4 is 20.5 Å². The van der Waals surface area contributed by atoms with Crippen molar-refractivity contribution in [3.63, 3.8) is 0 Å². The molecule has 0 saturated heterocycles. The van der Waals surface area contributed by atoms with Crippen LogP contribution in [0.2, 0.25) is 0 Å². The number of carbonyl (C=O) groups is 1. The first-order chi connectivity index (χ1) is 16.1. The number of fused-ring (bicyclic) bond motifs is 1. The van der Waals surface area contributed by atoms with Crippen molar-refractivity contribution in [3.8, 4) is 11.5 Å². The molecule has 0 aliphatic carbocycles. The van der Waals surface area contributed by atoms with E-state index in [9.17, 15) is 9.59 Å². The molecule has 1 aromatic heterocycles. The molecule has 0 radical (unpaired) electrons. The summed E-state index contributed by atoms with van der Waals surface area (Å²) in [7, 11) is 3.10. The van der Waals surface area contributed by atoms with E-state index >= 15 is 0 Å². The van der Waals surface area contributed by atoms with Gasteiger partial charge in [-0.3, -0.25) is 9.59 Å².